The number of rotatable bonds is 53. The lowest BCUT2D eigenvalue weighted by molar-refractivity contribution is -0.373. The van der Waals surface area contributed by atoms with Gasteiger partial charge in [-0.05, 0) is 92.7 Å². The Hall–Kier alpha value is -6.51. The van der Waals surface area contributed by atoms with Crippen molar-refractivity contribution in [3.8, 4) is 0 Å². The number of hydrogen-bond donors (Lipinski definition) is 3. The maximum atomic E-state index is 14.9. The van der Waals surface area contributed by atoms with E-state index in [1.165, 1.54) is 38.3 Å². The fourth-order valence-electron chi connectivity index (χ4n) is 12.6. The van der Waals surface area contributed by atoms with Crippen molar-refractivity contribution in [1.29, 1.82) is 0 Å². The van der Waals surface area contributed by atoms with Gasteiger partial charge in [0.15, 0.2) is 49.8 Å². The van der Waals surface area contributed by atoms with Gasteiger partial charge in [0.1, 0.15) is 85.8 Å². The summed E-state index contributed by atoms with van der Waals surface area (Å²) in [5.41, 5.74) is 30.9. The molecule has 624 valence electrons. The number of benzene rings is 2. The number of esters is 4. The van der Waals surface area contributed by atoms with E-state index in [-0.39, 0.29) is 57.4 Å². The van der Waals surface area contributed by atoms with Crippen LogP contribution in [0.4, 0.5) is 0 Å². The van der Waals surface area contributed by atoms with Crippen LogP contribution in [0.2, 0.25) is 0 Å². The van der Waals surface area contributed by atoms with Gasteiger partial charge in [-0.1, -0.05) is 145 Å². The minimum Gasteiger partial charge on any atom is -0.467 e. The van der Waals surface area contributed by atoms with E-state index in [2.05, 4.69) is 30.1 Å². The Labute approximate surface area is 648 Å². The molecular formula is C75H117N9O27. The van der Waals surface area contributed by atoms with Crippen molar-refractivity contribution in [3.63, 3.8) is 0 Å². The van der Waals surface area contributed by atoms with E-state index >= 15 is 0 Å². The zero-order chi connectivity index (χ0) is 80.5. The molecule has 36 heteroatoms. The van der Waals surface area contributed by atoms with E-state index < -0.39 is 198 Å². The molecule has 36 nitrogen and oxygen atoms in total. The van der Waals surface area contributed by atoms with E-state index in [4.69, 9.17) is 94.7 Å². The Morgan fingerprint density at radius 3 is 1.50 bits per heavy atom. The summed E-state index contributed by atoms with van der Waals surface area (Å²) in [6.45, 7) is 12.8. The third-order valence-electron chi connectivity index (χ3n) is 18.8. The number of unbranched alkanes of at least 4 members (excludes halogenated alkanes) is 7. The summed E-state index contributed by atoms with van der Waals surface area (Å²) in [6.07, 6.45) is -24.6. The van der Waals surface area contributed by atoms with Crippen LogP contribution in [0.25, 0.3) is 31.3 Å². The summed E-state index contributed by atoms with van der Waals surface area (Å²) in [6, 6.07) is 11.5. The predicted molar refractivity (Wildman–Crippen MR) is 394 cm³/mol. The van der Waals surface area contributed by atoms with Crippen molar-refractivity contribution in [1.82, 2.24) is 0 Å². The second-order valence-corrected chi connectivity index (χ2v) is 27.0. The molecule has 4 aliphatic rings. The normalized spacial score (nSPS) is 29.1. The molecule has 6 rings (SSSR count). The first kappa shape index (κ1) is 93.4. The first-order valence-electron chi connectivity index (χ1n) is 38.9. The topological polar surface area (TPSA) is 460 Å². The SMILES string of the molecule is CCCCOC[C@H](O[C@H]1OC(CO)[C@@H](O[C@@H]2O[C@@H](C(=O)OCCCC)[C@@H](O[C@H]3O[C@@H](CO)[C@@H](OCCCC)[C@H](OCCCC)C3N=[N+]=[N-])C(OCCCC)[C@@H]2OCCCC)[C@H](O)C1N=[N+]=[N-])C(O[C@@H](O[C@@H]1C(COC(=O)c2ccccc2)O[C@H](OC)C(N=[N+]=[N-])[C@H]1OCCCC)[C@H](C)OC(=O)c1ccccc1)C(=O)OC. The van der Waals surface area contributed by atoms with E-state index in [1.807, 2.05) is 48.5 Å². The second kappa shape index (κ2) is 52.1. The van der Waals surface area contributed by atoms with E-state index in [9.17, 15) is 51.1 Å². The first-order valence-corrected chi connectivity index (χ1v) is 38.9. The standard InChI is InChI=1S/C75H117N9O27/c1-11-18-35-94-44-51(60(69(90)92-9)109-71(46(8)102-68(89)48-33-29-26-30-34-48)108-59-52(45-101-67(88)47-31-27-25-28-32-47)105-72(93-10)54(80-83-77)62(59)97-38-21-14-4)106-73-53(79-82-76)56(87)57(49(42-85)103-73)107-75-66(99-40-23-16-6)63(98-39-22-15-5)64(65(111-75)70(91)100-41-24-17-7)110-74-55(81-84-78)61(96-37-20-13-3)58(50(43-86)104-74)95-36-19-12-2/h25-34,46,49-66,71-75,85-87H,11-24,35-45H2,1-10H3/t46-,49?,50-,51-,52?,53?,54?,55?,56+,57+,58+,59+,60?,61+,62+,63?,64-,65+,66-,71+,72-,73+,74+,75+/m0/s1. The molecule has 111 heavy (non-hydrogen) atoms. The summed E-state index contributed by atoms with van der Waals surface area (Å²) < 4.78 is 128. The molecular weight excluding hydrogens is 1460 g/mol. The highest BCUT2D eigenvalue weighted by molar-refractivity contribution is 5.90. The lowest BCUT2D eigenvalue weighted by atomic mass is 9.94. The third-order valence-corrected chi connectivity index (χ3v) is 18.8. The number of hydrogen-bond acceptors (Lipinski definition) is 30. The van der Waals surface area contributed by atoms with Gasteiger partial charge in [-0.2, -0.15) is 0 Å². The van der Waals surface area contributed by atoms with Gasteiger partial charge in [0.2, 0.25) is 0 Å². The Morgan fingerprint density at radius 1 is 0.495 bits per heavy atom. The zero-order valence-corrected chi connectivity index (χ0v) is 65.5. The molecule has 24 atom stereocenters. The Balaban J connectivity index is 1.45. The molecule has 4 saturated heterocycles. The molecule has 0 bridgehead atoms. The van der Waals surface area contributed by atoms with Crippen LogP contribution >= 0.6 is 0 Å². The monoisotopic (exact) mass is 1580 g/mol. The van der Waals surface area contributed by atoms with Gasteiger partial charge in [-0.25, -0.2) is 19.2 Å². The highest BCUT2D eigenvalue weighted by Crippen LogP contribution is 2.40. The summed E-state index contributed by atoms with van der Waals surface area (Å²) in [7, 11) is 2.34. The summed E-state index contributed by atoms with van der Waals surface area (Å²) >= 11 is 0. The van der Waals surface area contributed by atoms with Crippen LogP contribution in [-0.4, -0.2) is 273 Å². The molecule has 4 aliphatic heterocycles. The average Bonchev–Trinajstić information content (AvgIpc) is 0.766. The third kappa shape index (κ3) is 27.9. The second-order valence-electron chi connectivity index (χ2n) is 27.0. The lowest BCUT2D eigenvalue weighted by Gasteiger charge is -2.50. The number of azide groups is 3. The molecule has 0 aromatic heterocycles. The van der Waals surface area contributed by atoms with E-state index in [0.29, 0.717) is 77.0 Å². The fraction of sp³-hybridized carbons (Fsp3) is 0.787. The number of ether oxygens (including phenoxy) is 20. The largest absolute Gasteiger partial charge is 0.467 e. The minimum absolute atomic E-state index is 0.0289. The molecule has 0 amide bonds. The molecule has 4 heterocycles. The molecule has 0 aliphatic carbocycles. The minimum atomic E-state index is -2.05. The zero-order valence-electron chi connectivity index (χ0n) is 65.5. The van der Waals surface area contributed by atoms with E-state index in [1.54, 1.807) is 36.4 Å². The number of methoxy groups -OCH3 is 2. The van der Waals surface area contributed by atoms with Crippen molar-refractivity contribution < 1.29 is 129 Å². The van der Waals surface area contributed by atoms with Crippen molar-refractivity contribution in [3.05, 3.63) is 103 Å². The summed E-state index contributed by atoms with van der Waals surface area (Å²) in [5.74, 6) is -3.77. The Kier molecular flexibility index (Phi) is 43.8. The van der Waals surface area contributed by atoms with Crippen LogP contribution in [-0.2, 0) is 104 Å². The maximum absolute atomic E-state index is 14.9. The molecule has 7 unspecified atom stereocenters. The van der Waals surface area contributed by atoms with Gasteiger partial charge in [-0.3, -0.25) is 0 Å². The van der Waals surface area contributed by atoms with Gasteiger partial charge >= 0.3 is 23.9 Å². The summed E-state index contributed by atoms with van der Waals surface area (Å²) in [5, 5.41) is 47.5. The van der Waals surface area contributed by atoms with E-state index in [0.717, 1.165) is 20.0 Å². The molecule has 3 N–H and O–H groups in total. The average molecular weight is 1580 g/mol. The van der Waals surface area contributed by atoms with Crippen LogP contribution < -0.4 is 0 Å². The summed E-state index contributed by atoms with van der Waals surface area (Å²) in [4.78, 5) is 66.8. The molecule has 0 spiro atoms. The molecule has 2 aromatic rings. The van der Waals surface area contributed by atoms with Gasteiger partial charge in [0, 0.05) is 61.5 Å². The predicted octanol–water partition coefficient (Wildman–Crippen LogP) is 9.53. The van der Waals surface area contributed by atoms with Gasteiger partial charge < -0.3 is 110 Å². The maximum Gasteiger partial charge on any atom is 0.338 e. The number of carbonyl (C=O) groups excluding carboxylic acids is 4. The van der Waals surface area contributed by atoms with Gasteiger partial charge in [-0.15, -0.1) is 0 Å². The van der Waals surface area contributed by atoms with Crippen molar-refractivity contribution >= 4 is 23.9 Å². The van der Waals surface area contributed by atoms with Crippen LogP contribution in [0.1, 0.15) is 166 Å². The molecule has 0 radical (unpaired) electrons. The first-order chi connectivity index (χ1) is 54.0. The van der Waals surface area contributed by atoms with Crippen LogP contribution in [0, 0.1) is 0 Å². The van der Waals surface area contributed by atoms with Crippen LogP contribution in [0.15, 0.2) is 76.0 Å². The van der Waals surface area contributed by atoms with Crippen molar-refractivity contribution in [2.45, 2.75) is 293 Å². The quantitative estimate of drug-likeness (QED) is 0.0105. The van der Waals surface area contributed by atoms with Crippen molar-refractivity contribution in [2.24, 2.45) is 15.3 Å². The highest BCUT2D eigenvalue weighted by atomic mass is 16.8. The van der Waals surface area contributed by atoms with Crippen LogP contribution in [0.3, 0.4) is 0 Å². The number of nitrogens with zero attached hydrogens (tertiary/aromatic N) is 9. The number of aliphatic hydroxyl groups excluding tert-OH is 3. The number of carbonyl (C=O) groups is 4. The van der Waals surface area contributed by atoms with Crippen molar-refractivity contribution in [2.75, 3.05) is 86.9 Å². The molecule has 0 saturated carbocycles. The smallest absolute Gasteiger partial charge is 0.338 e. The fourth-order valence-corrected chi connectivity index (χ4v) is 12.6. The Morgan fingerprint density at radius 2 is 0.964 bits per heavy atom. The van der Waals surface area contributed by atoms with Crippen LogP contribution in [0.5, 0.6) is 0 Å². The van der Waals surface area contributed by atoms with Gasteiger partial charge in [0.05, 0.1) is 63.0 Å². The van der Waals surface area contributed by atoms with Gasteiger partial charge in [0.25, 0.3) is 0 Å². The molecule has 4 fully saturated rings. The lowest BCUT2D eigenvalue weighted by Crippen LogP contribution is -2.68. The molecule has 2 aromatic carbocycles. The highest BCUT2D eigenvalue weighted by Gasteiger charge is 2.59. The Bertz CT molecular complexity index is 3130. The number of aliphatic hydroxyl groups is 3.